The van der Waals surface area contributed by atoms with Gasteiger partial charge >= 0.3 is 0 Å². The third kappa shape index (κ3) is 2.64. The second-order valence-electron chi connectivity index (χ2n) is 5.53. The van der Waals surface area contributed by atoms with Gasteiger partial charge < -0.3 is 14.4 Å². The highest BCUT2D eigenvalue weighted by molar-refractivity contribution is 6.32. The molecule has 1 aromatic heterocycles. The van der Waals surface area contributed by atoms with Crippen LogP contribution in [0.4, 0.5) is 0 Å². The molecule has 0 fully saturated rings. The Bertz CT molecular complexity index is 808. The van der Waals surface area contributed by atoms with Crippen molar-refractivity contribution >= 4 is 22.5 Å². The summed E-state index contributed by atoms with van der Waals surface area (Å²) in [5.74, 6) is 0.949. The average molecular weight is 316 g/mol. The molecule has 0 bridgehead atoms. The highest BCUT2D eigenvalue weighted by Gasteiger charge is 2.14. The van der Waals surface area contributed by atoms with E-state index in [0.29, 0.717) is 17.4 Å². The zero-order valence-corrected chi connectivity index (χ0v) is 13.3. The molecule has 0 aliphatic heterocycles. The van der Waals surface area contributed by atoms with E-state index in [2.05, 4.69) is 18.4 Å². The fraction of sp³-hybridized carbons (Fsp3) is 0.222. The highest BCUT2D eigenvalue weighted by Crippen LogP contribution is 2.31. The molecule has 2 aromatic carbocycles. The standard InChI is InChI=1S/C18H18ClNO2/c1-12(2)20-13(10-14-16(20)7-5-8-17(14)21)11-22-18-9-4-3-6-15(18)19/h3-10,12,21H,11H2,1-2H3. The van der Waals surface area contributed by atoms with Crippen LogP contribution in [0, 0.1) is 0 Å². The van der Waals surface area contributed by atoms with Gasteiger partial charge in [0, 0.05) is 11.4 Å². The van der Waals surface area contributed by atoms with Crippen molar-refractivity contribution in [3.05, 3.63) is 59.2 Å². The van der Waals surface area contributed by atoms with Crippen LogP contribution in [-0.4, -0.2) is 9.67 Å². The number of nitrogens with zero attached hydrogens (tertiary/aromatic N) is 1. The molecule has 3 aromatic rings. The predicted octanol–water partition coefficient (Wildman–Crippen LogP) is 5.16. The summed E-state index contributed by atoms with van der Waals surface area (Å²) in [6.07, 6.45) is 0. The molecule has 0 unspecified atom stereocenters. The van der Waals surface area contributed by atoms with Crippen LogP contribution >= 0.6 is 11.6 Å². The molecule has 0 spiro atoms. The Morgan fingerprint density at radius 2 is 1.91 bits per heavy atom. The van der Waals surface area contributed by atoms with E-state index in [4.69, 9.17) is 16.3 Å². The zero-order chi connectivity index (χ0) is 15.7. The van der Waals surface area contributed by atoms with Gasteiger partial charge in [0.2, 0.25) is 0 Å². The Morgan fingerprint density at radius 3 is 2.64 bits per heavy atom. The summed E-state index contributed by atoms with van der Waals surface area (Å²) < 4.78 is 8.02. The molecule has 0 atom stereocenters. The molecule has 0 aliphatic carbocycles. The number of hydrogen-bond donors (Lipinski definition) is 1. The summed E-state index contributed by atoms with van der Waals surface area (Å²) in [6, 6.07) is 15.2. The summed E-state index contributed by atoms with van der Waals surface area (Å²) in [7, 11) is 0. The molecule has 0 amide bonds. The minimum Gasteiger partial charge on any atom is -0.507 e. The summed E-state index contributed by atoms with van der Waals surface area (Å²) in [4.78, 5) is 0. The molecule has 1 heterocycles. The van der Waals surface area contributed by atoms with E-state index in [1.807, 2.05) is 36.4 Å². The van der Waals surface area contributed by atoms with Gasteiger partial charge in [-0.05, 0) is 44.2 Å². The number of benzene rings is 2. The molecule has 114 valence electrons. The van der Waals surface area contributed by atoms with Crippen molar-refractivity contribution in [2.45, 2.75) is 26.5 Å². The van der Waals surface area contributed by atoms with E-state index in [1.54, 1.807) is 12.1 Å². The number of hydrogen-bond acceptors (Lipinski definition) is 2. The van der Waals surface area contributed by atoms with Crippen molar-refractivity contribution in [1.82, 2.24) is 4.57 Å². The molecule has 0 saturated carbocycles. The van der Waals surface area contributed by atoms with E-state index >= 15 is 0 Å². The van der Waals surface area contributed by atoms with Crippen LogP contribution in [0.1, 0.15) is 25.6 Å². The number of phenols is 1. The van der Waals surface area contributed by atoms with E-state index in [-0.39, 0.29) is 11.8 Å². The fourth-order valence-electron chi connectivity index (χ4n) is 2.72. The summed E-state index contributed by atoms with van der Waals surface area (Å²) in [6.45, 7) is 4.63. The van der Waals surface area contributed by atoms with Gasteiger partial charge in [-0.25, -0.2) is 0 Å². The normalized spacial score (nSPS) is 11.3. The molecule has 3 rings (SSSR count). The Morgan fingerprint density at radius 1 is 1.14 bits per heavy atom. The van der Waals surface area contributed by atoms with E-state index in [0.717, 1.165) is 16.6 Å². The van der Waals surface area contributed by atoms with Gasteiger partial charge in [0.1, 0.15) is 18.1 Å². The Labute approximate surface area is 134 Å². The van der Waals surface area contributed by atoms with Crippen LogP contribution in [0.3, 0.4) is 0 Å². The van der Waals surface area contributed by atoms with E-state index in [1.165, 1.54) is 0 Å². The van der Waals surface area contributed by atoms with Gasteiger partial charge in [-0.15, -0.1) is 0 Å². The number of aromatic hydroxyl groups is 1. The topological polar surface area (TPSA) is 34.4 Å². The average Bonchev–Trinajstić information content (AvgIpc) is 2.86. The lowest BCUT2D eigenvalue weighted by molar-refractivity contribution is 0.293. The van der Waals surface area contributed by atoms with Gasteiger partial charge in [-0.1, -0.05) is 29.8 Å². The molecule has 1 N–H and O–H groups in total. The number of rotatable bonds is 4. The van der Waals surface area contributed by atoms with E-state index in [9.17, 15) is 5.11 Å². The van der Waals surface area contributed by atoms with Crippen LogP contribution in [-0.2, 0) is 6.61 Å². The number of halogens is 1. The van der Waals surface area contributed by atoms with Crippen molar-refractivity contribution in [2.24, 2.45) is 0 Å². The minimum atomic E-state index is 0.268. The third-order valence-corrected chi connectivity index (χ3v) is 3.98. The van der Waals surface area contributed by atoms with Gasteiger partial charge in [0.15, 0.2) is 0 Å². The molecule has 0 saturated heterocycles. The van der Waals surface area contributed by atoms with Crippen LogP contribution < -0.4 is 4.74 Å². The van der Waals surface area contributed by atoms with Gasteiger partial charge in [0.25, 0.3) is 0 Å². The SMILES string of the molecule is CC(C)n1c(COc2ccccc2Cl)cc2c(O)cccc21. The Hall–Kier alpha value is -2.13. The lowest BCUT2D eigenvalue weighted by Gasteiger charge is -2.15. The summed E-state index contributed by atoms with van der Waals surface area (Å²) in [5, 5.41) is 11.5. The molecule has 4 heteroatoms. The van der Waals surface area contributed by atoms with Crippen LogP contribution in [0.15, 0.2) is 48.5 Å². The predicted molar refractivity (Wildman–Crippen MR) is 89.8 cm³/mol. The number of phenolic OH excluding ortho intramolecular Hbond substituents is 1. The monoisotopic (exact) mass is 315 g/mol. The highest BCUT2D eigenvalue weighted by atomic mass is 35.5. The number of ether oxygens (including phenoxy) is 1. The summed E-state index contributed by atoms with van der Waals surface area (Å²) >= 11 is 6.12. The molecular formula is C18H18ClNO2. The Kier molecular flexibility index (Phi) is 3.99. The van der Waals surface area contributed by atoms with Crippen molar-refractivity contribution in [2.75, 3.05) is 0 Å². The number of fused-ring (bicyclic) bond motifs is 1. The first-order chi connectivity index (χ1) is 10.6. The van der Waals surface area contributed by atoms with Crippen molar-refractivity contribution < 1.29 is 9.84 Å². The van der Waals surface area contributed by atoms with Crippen molar-refractivity contribution in [3.8, 4) is 11.5 Å². The minimum absolute atomic E-state index is 0.268. The maximum Gasteiger partial charge on any atom is 0.138 e. The van der Waals surface area contributed by atoms with Gasteiger partial charge in [-0.3, -0.25) is 0 Å². The van der Waals surface area contributed by atoms with Gasteiger partial charge in [0.05, 0.1) is 16.2 Å². The zero-order valence-electron chi connectivity index (χ0n) is 12.6. The Balaban J connectivity index is 1.98. The fourth-order valence-corrected chi connectivity index (χ4v) is 2.91. The molecular weight excluding hydrogens is 298 g/mol. The van der Waals surface area contributed by atoms with E-state index < -0.39 is 0 Å². The second kappa shape index (κ2) is 5.93. The lowest BCUT2D eigenvalue weighted by atomic mass is 10.2. The first kappa shape index (κ1) is 14.8. The quantitative estimate of drug-likeness (QED) is 0.721. The lowest BCUT2D eigenvalue weighted by Crippen LogP contribution is -2.08. The summed E-state index contributed by atoms with van der Waals surface area (Å²) in [5.41, 5.74) is 2.01. The van der Waals surface area contributed by atoms with Gasteiger partial charge in [-0.2, -0.15) is 0 Å². The molecule has 0 aliphatic rings. The first-order valence-corrected chi connectivity index (χ1v) is 7.65. The second-order valence-corrected chi connectivity index (χ2v) is 5.94. The van der Waals surface area contributed by atoms with Crippen molar-refractivity contribution in [1.29, 1.82) is 0 Å². The number of para-hydroxylation sites is 1. The number of aromatic nitrogens is 1. The largest absolute Gasteiger partial charge is 0.507 e. The first-order valence-electron chi connectivity index (χ1n) is 7.27. The van der Waals surface area contributed by atoms with Crippen molar-refractivity contribution in [3.63, 3.8) is 0 Å². The maximum absolute atomic E-state index is 10.0. The molecule has 22 heavy (non-hydrogen) atoms. The molecule has 0 radical (unpaired) electrons. The van der Waals surface area contributed by atoms with Crippen LogP contribution in [0.2, 0.25) is 5.02 Å². The van der Waals surface area contributed by atoms with Crippen LogP contribution in [0.25, 0.3) is 10.9 Å². The third-order valence-electron chi connectivity index (χ3n) is 3.67. The maximum atomic E-state index is 10.0. The smallest absolute Gasteiger partial charge is 0.138 e. The van der Waals surface area contributed by atoms with Crippen LogP contribution in [0.5, 0.6) is 11.5 Å². The molecule has 3 nitrogen and oxygen atoms in total.